The maximum absolute atomic E-state index is 12.7. The molecular weight excluding hydrogens is 418 g/mol. The number of carbonyl (C=O) groups is 3. The largest absolute Gasteiger partial charge is 0.379 e. The molecule has 2 atom stereocenters. The minimum absolute atomic E-state index is 0.0202. The van der Waals surface area contributed by atoms with E-state index in [1.807, 2.05) is 34.6 Å². The summed E-state index contributed by atoms with van der Waals surface area (Å²) in [5, 5.41) is 0. The molecule has 0 aromatic heterocycles. The smallest absolute Gasteiger partial charge is 0.225 e. The number of Topliss-reactive ketones (excluding diaryl/α,β-unsaturated/α-hetero) is 2. The lowest BCUT2D eigenvalue weighted by atomic mass is 10.1. The van der Waals surface area contributed by atoms with Crippen molar-refractivity contribution in [2.75, 3.05) is 40.1 Å². The molecule has 0 saturated carbocycles. The predicted molar refractivity (Wildman–Crippen MR) is 126 cm³/mol. The Morgan fingerprint density at radius 3 is 2.00 bits per heavy atom. The topological polar surface area (TPSA) is 82.1 Å². The van der Waals surface area contributed by atoms with Crippen LogP contribution in [0.15, 0.2) is 0 Å². The van der Waals surface area contributed by atoms with Crippen LogP contribution in [0, 0.1) is 5.92 Å². The summed E-state index contributed by atoms with van der Waals surface area (Å²) in [6.07, 6.45) is 1.51. The number of carbonyl (C=O) groups excluding carboxylic acids is 3. The highest BCUT2D eigenvalue weighted by atomic mass is 32.1. The summed E-state index contributed by atoms with van der Waals surface area (Å²) >= 11 is 4.48. The lowest BCUT2D eigenvalue weighted by Crippen LogP contribution is -2.44. The molecule has 0 radical (unpaired) electrons. The number of ketones is 2. The lowest BCUT2D eigenvalue weighted by molar-refractivity contribution is -0.138. The Kier molecular flexibility index (Phi) is 15.3. The van der Waals surface area contributed by atoms with Crippen LogP contribution >= 0.6 is 12.6 Å². The van der Waals surface area contributed by atoms with Crippen molar-refractivity contribution in [1.82, 2.24) is 4.90 Å². The van der Waals surface area contributed by atoms with E-state index < -0.39 is 0 Å². The van der Waals surface area contributed by atoms with Crippen molar-refractivity contribution >= 4 is 30.1 Å². The number of rotatable bonds is 18. The molecule has 0 N–H and O–H groups in total. The Labute approximate surface area is 194 Å². The maximum Gasteiger partial charge on any atom is 0.225 e. The van der Waals surface area contributed by atoms with E-state index in [1.54, 1.807) is 11.9 Å². The van der Waals surface area contributed by atoms with E-state index in [1.165, 1.54) is 6.92 Å². The van der Waals surface area contributed by atoms with Crippen LogP contribution < -0.4 is 0 Å². The van der Waals surface area contributed by atoms with Gasteiger partial charge in [0.05, 0.1) is 45.0 Å². The number of amides is 1. The Morgan fingerprint density at radius 1 is 0.968 bits per heavy atom. The van der Waals surface area contributed by atoms with Gasteiger partial charge in [-0.25, -0.2) is 0 Å². The first-order valence-corrected chi connectivity index (χ1v) is 11.6. The molecule has 0 aliphatic rings. The van der Waals surface area contributed by atoms with Crippen molar-refractivity contribution in [3.05, 3.63) is 0 Å². The predicted octanol–water partition coefficient (Wildman–Crippen LogP) is 3.33. The third-order valence-electron chi connectivity index (χ3n) is 4.88. The van der Waals surface area contributed by atoms with Gasteiger partial charge >= 0.3 is 0 Å². The molecule has 7 nitrogen and oxygen atoms in total. The number of hydrogen-bond acceptors (Lipinski definition) is 7. The standard InChI is InChI=1S/C23H43NO6S/c1-17(2)21(26)9-12-29-16-20(15-28-11-8-18(3)25)24(7)22(27)14-19(4)30-13-10-23(5,6)31/h17,19-20,31H,8-16H2,1-7H3. The first kappa shape index (κ1) is 30.0. The molecule has 0 aliphatic heterocycles. The quantitative estimate of drug-likeness (QED) is 0.249. The van der Waals surface area contributed by atoms with Gasteiger partial charge in [-0.3, -0.25) is 14.4 Å². The van der Waals surface area contributed by atoms with Crippen molar-refractivity contribution in [3.63, 3.8) is 0 Å². The van der Waals surface area contributed by atoms with Crippen LogP contribution in [-0.4, -0.2) is 79.3 Å². The first-order chi connectivity index (χ1) is 14.3. The van der Waals surface area contributed by atoms with Crippen LogP contribution in [0.25, 0.3) is 0 Å². The highest BCUT2D eigenvalue weighted by Crippen LogP contribution is 2.17. The first-order valence-electron chi connectivity index (χ1n) is 11.1. The van der Waals surface area contributed by atoms with Gasteiger partial charge in [-0.15, -0.1) is 0 Å². The molecule has 0 rings (SSSR count). The van der Waals surface area contributed by atoms with E-state index in [0.29, 0.717) is 32.7 Å². The van der Waals surface area contributed by atoms with Crippen LogP contribution in [-0.2, 0) is 28.6 Å². The highest BCUT2D eigenvalue weighted by Gasteiger charge is 2.23. The molecule has 0 aromatic carbocycles. The lowest BCUT2D eigenvalue weighted by Gasteiger charge is -2.29. The van der Waals surface area contributed by atoms with Crippen molar-refractivity contribution in [3.8, 4) is 0 Å². The molecule has 0 heterocycles. The number of nitrogens with zero attached hydrogens (tertiary/aromatic N) is 1. The molecule has 1 amide bonds. The van der Waals surface area contributed by atoms with Crippen LogP contribution in [0.4, 0.5) is 0 Å². The average molecular weight is 462 g/mol. The zero-order valence-corrected chi connectivity index (χ0v) is 21.3. The average Bonchev–Trinajstić information content (AvgIpc) is 2.64. The molecule has 0 fully saturated rings. The maximum atomic E-state index is 12.7. The minimum Gasteiger partial charge on any atom is -0.379 e. The summed E-state index contributed by atoms with van der Waals surface area (Å²) < 4.78 is 16.9. The zero-order chi connectivity index (χ0) is 24.0. The molecule has 0 aliphatic carbocycles. The Balaban J connectivity index is 4.65. The fourth-order valence-corrected chi connectivity index (χ4v) is 2.64. The van der Waals surface area contributed by atoms with Crippen LogP contribution in [0.1, 0.15) is 67.2 Å². The van der Waals surface area contributed by atoms with E-state index in [0.717, 1.165) is 6.42 Å². The molecule has 8 heteroatoms. The van der Waals surface area contributed by atoms with Gasteiger partial charge in [0.1, 0.15) is 11.6 Å². The van der Waals surface area contributed by atoms with Crippen LogP contribution in [0.3, 0.4) is 0 Å². The minimum atomic E-state index is -0.308. The fourth-order valence-electron chi connectivity index (χ4n) is 2.55. The summed E-state index contributed by atoms with van der Waals surface area (Å²) in [5.74, 6) is 0.113. The summed E-state index contributed by atoms with van der Waals surface area (Å²) in [7, 11) is 1.72. The third-order valence-corrected chi connectivity index (χ3v) is 5.10. The van der Waals surface area contributed by atoms with Gasteiger partial charge in [0.15, 0.2) is 0 Å². The van der Waals surface area contributed by atoms with Crippen LogP contribution in [0.5, 0.6) is 0 Å². The molecule has 31 heavy (non-hydrogen) atoms. The Bertz CT molecular complexity index is 547. The SMILES string of the molecule is CC(=O)CCOCC(COCCC(=O)C(C)C)N(C)C(=O)CC(C)OCCC(C)(C)S. The van der Waals surface area contributed by atoms with Gasteiger partial charge in [-0.05, 0) is 20.3 Å². The van der Waals surface area contributed by atoms with Gasteiger partial charge in [-0.1, -0.05) is 27.7 Å². The van der Waals surface area contributed by atoms with E-state index in [4.69, 9.17) is 14.2 Å². The van der Waals surface area contributed by atoms with E-state index in [2.05, 4.69) is 12.6 Å². The van der Waals surface area contributed by atoms with Crippen molar-refractivity contribution in [2.45, 2.75) is 84.1 Å². The van der Waals surface area contributed by atoms with Crippen molar-refractivity contribution in [1.29, 1.82) is 0 Å². The Hall–Kier alpha value is -0.960. The summed E-state index contributed by atoms with van der Waals surface area (Å²) in [6.45, 7) is 12.8. The summed E-state index contributed by atoms with van der Waals surface area (Å²) in [4.78, 5) is 37.2. The van der Waals surface area contributed by atoms with Gasteiger partial charge in [-0.2, -0.15) is 12.6 Å². The van der Waals surface area contributed by atoms with Gasteiger partial charge < -0.3 is 19.1 Å². The summed E-state index contributed by atoms with van der Waals surface area (Å²) in [5.41, 5.74) is 0. The number of hydrogen-bond donors (Lipinski definition) is 1. The van der Waals surface area contributed by atoms with E-state index in [-0.39, 0.29) is 59.9 Å². The monoisotopic (exact) mass is 461 g/mol. The Morgan fingerprint density at radius 2 is 1.52 bits per heavy atom. The second kappa shape index (κ2) is 15.8. The molecule has 2 unspecified atom stereocenters. The number of likely N-dealkylation sites (N-methyl/N-ethyl adjacent to an activating group) is 1. The third kappa shape index (κ3) is 16.3. The normalized spacial score (nSPS) is 13.8. The van der Waals surface area contributed by atoms with Crippen LogP contribution in [0.2, 0.25) is 0 Å². The molecule has 0 aromatic rings. The second-order valence-electron chi connectivity index (χ2n) is 9.08. The second-order valence-corrected chi connectivity index (χ2v) is 10.3. The molecule has 0 saturated heterocycles. The van der Waals surface area contributed by atoms with Crippen molar-refractivity contribution in [2.24, 2.45) is 5.92 Å². The van der Waals surface area contributed by atoms with Gasteiger partial charge in [0.2, 0.25) is 5.91 Å². The zero-order valence-electron chi connectivity index (χ0n) is 20.4. The molecular formula is C23H43NO6S. The fraction of sp³-hybridized carbons (Fsp3) is 0.870. The van der Waals surface area contributed by atoms with Gasteiger partial charge in [0.25, 0.3) is 0 Å². The van der Waals surface area contributed by atoms with Gasteiger partial charge in [0, 0.05) is 37.2 Å². The van der Waals surface area contributed by atoms with Crippen molar-refractivity contribution < 1.29 is 28.6 Å². The number of thiol groups is 1. The molecule has 182 valence electrons. The highest BCUT2D eigenvalue weighted by molar-refractivity contribution is 7.81. The summed E-state index contributed by atoms with van der Waals surface area (Å²) in [6, 6.07) is -0.308. The van der Waals surface area contributed by atoms with E-state index in [9.17, 15) is 14.4 Å². The molecule has 0 spiro atoms. The van der Waals surface area contributed by atoms with E-state index >= 15 is 0 Å². The number of ether oxygens (including phenoxy) is 3. The molecule has 0 bridgehead atoms.